The summed E-state index contributed by atoms with van der Waals surface area (Å²) in [7, 11) is 0. The minimum atomic E-state index is -0.513. The Labute approximate surface area is 107 Å². The standard InChI is InChI=1S/C13H19N3O2/c1-9(17)10-3-4-11(15-7-10)16-6-5-13(2,8-16)12(14)18/h3-4,7,9,17H,5-6,8H2,1-2H3,(H2,14,18). The van der Waals surface area contributed by atoms with Gasteiger partial charge in [-0.1, -0.05) is 6.07 Å². The van der Waals surface area contributed by atoms with Crippen LogP contribution in [0.4, 0.5) is 5.82 Å². The minimum absolute atomic E-state index is 0.259. The number of anilines is 1. The van der Waals surface area contributed by atoms with Crippen molar-refractivity contribution in [2.75, 3.05) is 18.0 Å². The number of primary amides is 1. The molecule has 2 rings (SSSR count). The monoisotopic (exact) mass is 249 g/mol. The molecule has 0 aliphatic carbocycles. The SMILES string of the molecule is CC(O)c1ccc(N2CCC(C)(C(N)=O)C2)nc1. The van der Waals surface area contributed by atoms with E-state index in [1.54, 1.807) is 13.1 Å². The van der Waals surface area contributed by atoms with Crippen molar-refractivity contribution in [2.45, 2.75) is 26.4 Å². The summed E-state index contributed by atoms with van der Waals surface area (Å²) < 4.78 is 0. The van der Waals surface area contributed by atoms with Crippen LogP contribution in [0.1, 0.15) is 31.9 Å². The maximum atomic E-state index is 11.4. The molecule has 0 bridgehead atoms. The zero-order valence-electron chi connectivity index (χ0n) is 10.8. The summed E-state index contributed by atoms with van der Waals surface area (Å²) in [5.74, 6) is 0.565. The number of amides is 1. The molecule has 0 aromatic carbocycles. The number of nitrogens with zero attached hydrogens (tertiary/aromatic N) is 2. The Bertz CT molecular complexity index is 444. The molecule has 2 unspecified atom stereocenters. The van der Waals surface area contributed by atoms with E-state index in [-0.39, 0.29) is 5.91 Å². The van der Waals surface area contributed by atoms with Crippen LogP contribution in [-0.4, -0.2) is 29.1 Å². The molecule has 1 amide bonds. The fourth-order valence-electron chi connectivity index (χ4n) is 2.19. The maximum Gasteiger partial charge on any atom is 0.225 e. The average molecular weight is 249 g/mol. The first-order valence-electron chi connectivity index (χ1n) is 6.11. The van der Waals surface area contributed by atoms with Crippen molar-refractivity contribution in [3.63, 3.8) is 0 Å². The summed E-state index contributed by atoms with van der Waals surface area (Å²) >= 11 is 0. The lowest BCUT2D eigenvalue weighted by atomic mass is 9.89. The number of carbonyl (C=O) groups is 1. The Kier molecular flexibility index (Phi) is 3.26. The van der Waals surface area contributed by atoms with Gasteiger partial charge in [0.05, 0.1) is 11.5 Å². The van der Waals surface area contributed by atoms with Crippen LogP contribution in [0.15, 0.2) is 18.3 Å². The lowest BCUT2D eigenvalue weighted by Gasteiger charge is -2.21. The van der Waals surface area contributed by atoms with E-state index in [4.69, 9.17) is 5.73 Å². The topological polar surface area (TPSA) is 79.5 Å². The summed E-state index contributed by atoms with van der Waals surface area (Å²) in [5.41, 5.74) is 5.74. The number of aliphatic hydroxyl groups excluding tert-OH is 1. The van der Waals surface area contributed by atoms with Crippen LogP contribution in [-0.2, 0) is 4.79 Å². The van der Waals surface area contributed by atoms with Gasteiger partial charge in [-0.05, 0) is 31.9 Å². The van der Waals surface area contributed by atoms with Crippen molar-refractivity contribution in [2.24, 2.45) is 11.1 Å². The number of carbonyl (C=O) groups excluding carboxylic acids is 1. The van der Waals surface area contributed by atoms with E-state index in [1.807, 2.05) is 19.1 Å². The fraction of sp³-hybridized carbons (Fsp3) is 0.538. The molecule has 1 aliphatic rings. The highest BCUT2D eigenvalue weighted by Gasteiger charge is 2.39. The Morgan fingerprint density at radius 1 is 1.61 bits per heavy atom. The molecular formula is C13H19N3O2. The van der Waals surface area contributed by atoms with E-state index in [2.05, 4.69) is 9.88 Å². The van der Waals surface area contributed by atoms with Gasteiger partial charge in [-0.15, -0.1) is 0 Å². The van der Waals surface area contributed by atoms with Crippen molar-refractivity contribution in [1.29, 1.82) is 0 Å². The molecule has 0 saturated carbocycles. The van der Waals surface area contributed by atoms with Gasteiger partial charge in [0.15, 0.2) is 0 Å². The lowest BCUT2D eigenvalue weighted by Crippen LogP contribution is -2.37. The summed E-state index contributed by atoms with van der Waals surface area (Å²) in [6.07, 6.45) is 1.91. The zero-order chi connectivity index (χ0) is 13.3. The Hall–Kier alpha value is -1.62. The van der Waals surface area contributed by atoms with E-state index in [0.717, 1.165) is 24.3 Å². The molecule has 1 aromatic heterocycles. The second-order valence-electron chi connectivity index (χ2n) is 5.22. The lowest BCUT2D eigenvalue weighted by molar-refractivity contribution is -0.125. The van der Waals surface area contributed by atoms with E-state index in [9.17, 15) is 9.90 Å². The van der Waals surface area contributed by atoms with Gasteiger partial charge < -0.3 is 15.7 Å². The quantitative estimate of drug-likeness (QED) is 0.831. The zero-order valence-corrected chi connectivity index (χ0v) is 10.8. The fourth-order valence-corrected chi connectivity index (χ4v) is 2.19. The highest BCUT2D eigenvalue weighted by molar-refractivity contribution is 5.82. The van der Waals surface area contributed by atoms with E-state index in [1.165, 1.54) is 0 Å². The van der Waals surface area contributed by atoms with Crippen LogP contribution in [0, 0.1) is 5.41 Å². The number of hydrogen-bond donors (Lipinski definition) is 2. The Morgan fingerprint density at radius 3 is 2.78 bits per heavy atom. The molecule has 2 atom stereocenters. The van der Waals surface area contributed by atoms with Crippen LogP contribution >= 0.6 is 0 Å². The van der Waals surface area contributed by atoms with Gasteiger partial charge in [0.1, 0.15) is 5.82 Å². The first-order chi connectivity index (χ1) is 8.42. The highest BCUT2D eigenvalue weighted by Crippen LogP contribution is 2.32. The van der Waals surface area contributed by atoms with E-state index >= 15 is 0 Å². The van der Waals surface area contributed by atoms with E-state index < -0.39 is 11.5 Å². The molecule has 5 heteroatoms. The third-order valence-electron chi connectivity index (χ3n) is 3.65. The first-order valence-corrected chi connectivity index (χ1v) is 6.11. The summed E-state index contributed by atoms with van der Waals surface area (Å²) in [5, 5.41) is 9.42. The van der Waals surface area contributed by atoms with Crippen LogP contribution in [0.2, 0.25) is 0 Å². The van der Waals surface area contributed by atoms with Gasteiger partial charge in [-0.25, -0.2) is 4.98 Å². The Morgan fingerprint density at radius 2 is 2.33 bits per heavy atom. The van der Waals surface area contributed by atoms with Gasteiger partial charge in [-0.2, -0.15) is 0 Å². The summed E-state index contributed by atoms with van der Waals surface area (Å²) in [6.45, 7) is 4.97. The molecule has 98 valence electrons. The molecule has 0 radical (unpaired) electrons. The van der Waals surface area contributed by atoms with Gasteiger partial charge >= 0.3 is 0 Å². The molecule has 3 N–H and O–H groups in total. The second-order valence-corrected chi connectivity index (χ2v) is 5.22. The number of pyridine rings is 1. The number of aromatic nitrogens is 1. The van der Waals surface area contributed by atoms with Gasteiger partial charge in [-0.3, -0.25) is 4.79 Å². The summed E-state index contributed by atoms with van der Waals surface area (Å²) in [6, 6.07) is 3.72. The third kappa shape index (κ3) is 2.31. The van der Waals surface area contributed by atoms with Crippen molar-refractivity contribution in [1.82, 2.24) is 4.98 Å². The minimum Gasteiger partial charge on any atom is -0.389 e. The number of hydrogen-bond acceptors (Lipinski definition) is 4. The second kappa shape index (κ2) is 4.57. The maximum absolute atomic E-state index is 11.4. The smallest absolute Gasteiger partial charge is 0.225 e. The number of nitrogens with two attached hydrogens (primary N) is 1. The van der Waals surface area contributed by atoms with Gasteiger partial charge in [0, 0.05) is 19.3 Å². The normalized spacial score (nSPS) is 25.2. The van der Waals surface area contributed by atoms with Crippen LogP contribution in [0.3, 0.4) is 0 Å². The summed E-state index contributed by atoms with van der Waals surface area (Å²) in [4.78, 5) is 17.8. The predicted octanol–water partition coefficient (Wildman–Crippen LogP) is 0.837. The van der Waals surface area contributed by atoms with Crippen molar-refractivity contribution in [3.05, 3.63) is 23.9 Å². The Balaban J connectivity index is 2.12. The van der Waals surface area contributed by atoms with Crippen LogP contribution in [0.25, 0.3) is 0 Å². The van der Waals surface area contributed by atoms with Crippen LogP contribution in [0.5, 0.6) is 0 Å². The number of rotatable bonds is 3. The average Bonchev–Trinajstić information content (AvgIpc) is 2.73. The molecule has 2 heterocycles. The largest absolute Gasteiger partial charge is 0.389 e. The molecular weight excluding hydrogens is 230 g/mol. The van der Waals surface area contributed by atoms with E-state index in [0.29, 0.717) is 6.54 Å². The van der Waals surface area contributed by atoms with Crippen molar-refractivity contribution < 1.29 is 9.90 Å². The number of aliphatic hydroxyl groups is 1. The van der Waals surface area contributed by atoms with Gasteiger partial charge in [0.25, 0.3) is 0 Å². The van der Waals surface area contributed by atoms with Gasteiger partial charge in [0.2, 0.25) is 5.91 Å². The molecule has 0 spiro atoms. The first kappa shape index (κ1) is 12.8. The van der Waals surface area contributed by atoms with Crippen LogP contribution < -0.4 is 10.6 Å². The molecule has 1 fully saturated rings. The van der Waals surface area contributed by atoms with Crippen molar-refractivity contribution in [3.8, 4) is 0 Å². The molecule has 5 nitrogen and oxygen atoms in total. The third-order valence-corrected chi connectivity index (χ3v) is 3.65. The molecule has 1 saturated heterocycles. The molecule has 1 aromatic rings. The predicted molar refractivity (Wildman–Crippen MR) is 69.0 cm³/mol. The highest BCUT2D eigenvalue weighted by atomic mass is 16.3. The van der Waals surface area contributed by atoms with Crippen molar-refractivity contribution >= 4 is 11.7 Å². The molecule has 18 heavy (non-hydrogen) atoms. The molecule has 1 aliphatic heterocycles.